The number of halogens is 1. The molecule has 6 aliphatic rings. The Morgan fingerprint density at radius 3 is 2.34 bits per heavy atom. The van der Waals surface area contributed by atoms with Crippen LogP contribution >= 0.6 is 0 Å². The van der Waals surface area contributed by atoms with Gasteiger partial charge >= 0.3 is 0 Å². The summed E-state index contributed by atoms with van der Waals surface area (Å²) < 4.78 is 28.8. The van der Waals surface area contributed by atoms with E-state index in [9.17, 15) is 15.3 Å². The van der Waals surface area contributed by atoms with Crippen molar-refractivity contribution in [1.29, 1.82) is 0 Å². The number of aliphatic hydroxyl groups is 3. The summed E-state index contributed by atoms with van der Waals surface area (Å²) in [5.41, 5.74) is -0.365. The number of hydrogen-bond donors (Lipinski definition) is 4. The third kappa shape index (κ3) is 5.48. The average Bonchev–Trinajstić information content (AvgIpc) is 3.37. The second-order valence-electron chi connectivity index (χ2n) is 17.2. The summed E-state index contributed by atoms with van der Waals surface area (Å²) in [6.07, 6.45) is 8.70. The van der Waals surface area contributed by atoms with Crippen LogP contribution in [-0.4, -0.2) is 69.4 Å². The van der Waals surface area contributed by atoms with Crippen molar-refractivity contribution in [3.63, 3.8) is 0 Å². The Balaban J connectivity index is 0.000000906. The SMILES string of the molecule is CC(=O)O.CC1C23CCC4(C)C(CCCCC(C)(C)O)C(O)C(F)C4C2CCC2C(C)(C)C(OC4CC(O)CCO4)CCC213. The maximum atomic E-state index is 16.3. The molecule has 0 aromatic heterocycles. The van der Waals surface area contributed by atoms with Crippen LogP contribution in [0.1, 0.15) is 126 Å². The Bertz CT molecular complexity index is 1040. The number of carboxylic acids is 1. The van der Waals surface area contributed by atoms with E-state index < -0.39 is 23.8 Å². The highest BCUT2D eigenvalue weighted by molar-refractivity contribution is 5.62. The molecular formula is C36H61FO7. The number of carbonyl (C=O) groups is 1. The third-order valence-corrected chi connectivity index (χ3v) is 14.2. The fourth-order valence-corrected chi connectivity index (χ4v) is 12.4. The molecule has 6 rings (SSSR count). The van der Waals surface area contributed by atoms with E-state index in [0.29, 0.717) is 37.2 Å². The number of fused-ring (bicyclic) bond motifs is 2. The predicted octanol–water partition coefficient (Wildman–Crippen LogP) is 6.51. The van der Waals surface area contributed by atoms with Gasteiger partial charge in [-0.05, 0) is 117 Å². The highest BCUT2D eigenvalue weighted by atomic mass is 19.1. The summed E-state index contributed by atoms with van der Waals surface area (Å²) in [7, 11) is 0. The van der Waals surface area contributed by atoms with Crippen LogP contribution in [0.4, 0.5) is 4.39 Å². The molecule has 8 heteroatoms. The topological polar surface area (TPSA) is 116 Å². The first-order valence-corrected chi connectivity index (χ1v) is 17.6. The summed E-state index contributed by atoms with van der Waals surface area (Å²) in [4.78, 5) is 9.00. The van der Waals surface area contributed by atoms with Crippen molar-refractivity contribution in [2.45, 2.75) is 162 Å². The van der Waals surface area contributed by atoms with Crippen LogP contribution < -0.4 is 0 Å². The number of rotatable bonds is 7. The number of aliphatic hydroxyl groups excluding tert-OH is 2. The lowest BCUT2D eigenvalue weighted by molar-refractivity contribution is -0.248. The molecule has 0 bridgehead atoms. The molecule has 0 amide bonds. The second-order valence-corrected chi connectivity index (χ2v) is 17.2. The van der Waals surface area contributed by atoms with Crippen molar-refractivity contribution in [2.24, 2.45) is 51.2 Å². The molecular weight excluding hydrogens is 563 g/mol. The summed E-state index contributed by atoms with van der Waals surface area (Å²) in [5, 5.41) is 39.0. The standard InChI is InChI=1S/C34H57FO5.C2H4O2/c1-20-33-17-16-32(6)23(9-7-8-14-30(2,3)38)29(37)28(35)27(32)22(33)10-11-24-31(4,5)25(12-15-34(20,24)33)40-26-19-21(36)13-18-39-26;1-2(3)4/h20-29,36-38H,7-19H2,1-6H3;1H3,(H,3,4). The van der Waals surface area contributed by atoms with Crippen LogP contribution in [0.3, 0.4) is 0 Å². The number of unbranched alkanes of at least 4 members (excludes halogenated alkanes) is 1. The molecule has 2 spiro atoms. The van der Waals surface area contributed by atoms with Crippen LogP contribution in [-0.2, 0) is 14.3 Å². The van der Waals surface area contributed by atoms with E-state index in [4.69, 9.17) is 19.4 Å². The molecule has 0 radical (unpaired) electrons. The van der Waals surface area contributed by atoms with Crippen molar-refractivity contribution in [3.8, 4) is 0 Å². The summed E-state index contributed by atoms with van der Waals surface area (Å²) in [6, 6.07) is 0. The van der Waals surface area contributed by atoms with Crippen LogP contribution in [0.2, 0.25) is 0 Å². The molecule has 6 fully saturated rings. The van der Waals surface area contributed by atoms with Crippen LogP contribution in [0.15, 0.2) is 0 Å². The van der Waals surface area contributed by atoms with Crippen molar-refractivity contribution in [2.75, 3.05) is 6.61 Å². The van der Waals surface area contributed by atoms with Crippen molar-refractivity contribution >= 4 is 5.97 Å². The molecule has 7 nitrogen and oxygen atoms in total. The van der Waals surface area contributed by atoms with Gasteiger partial charge in [0.2, 0.25) is 0 Å². The normalized spacial score (nSPS) is 49.0. The zero-order valence-corrected chi connectivity index (χ0v) is 28.4. The zero-order chi connectivity index (χ0) is 32.5. The van der Waals surface area contributed by atoms with Gasteiger partial charge in [0, 0.05) is 19.3 Å². The van der Waals surface area contributed by atoms with Gasteiger partial charge in [0.1, 0.15) is 6.17 Å². The van der Waals surface area contributed by atoms with E-state index >= 15 is 4.39 Å². The van der Waals surface area contributed by atoms with Gasteiger partial charge in [-0.25, -0.2) is 4.39 Å². The molecule has 0 aromatic carbocycles. The highest BCUT2D eigenvalue weighted by Gasteiger charge is 2.85. The molecule has 1 heterocycles. The van der Waals surface area contributed by atoms with Gasteiger partial charge in [-0.3, -0.25) is 4.79 Å². The van der Waals surface area contributed by atoms with Gasteiger partial charge in [0.25, 0.3) is 5.97 Å². The van der Waals surface area contributed by atoms with Gasteiger partial charge in [-0.2, -0.15) is 0 Å². The molecule has 13 unspecified atom stereocenters. The number of aliphatic carboxylic acids is 1. The monoisotopic (exact) mass is 624 g/mol. The Morgan fingerprint density at radius 1 is 1.02 bits per heavy atom. The lowest BCUT2D eigenvalue weighted by Gasteiger charge is -2.59. The van der Waals surface area contributed by atoms with Crippen molar-refractivity contribution < 1.29 is 39.1 Å². The molecule has 0 aromatic rings. The van der Waals surface area contributed by atoms with Crippen LogP contribution in [0, 0.1) is 51.2 Å². The van der Waals surface area contributed by atoms with E-state index in [1.165, 1.54) is 6.42 Å². The minimum absolute atomic E-state index is 0.000808. The highest BCUT2D eigenvalue weighted by Crippen LogP contribution is 2.89. The second kappa shape index (κ2) is 12.0. The maximum absolute atomic E-state index is 16.3. The van der Waals surface area contributed by atoms with E-state index in [2.05, 4.69) is 27.7 Å². The maximum Gasteiger partial charge on any atom is 0.300 e. The molecule has 254 valence electrons. The molecule has 1 aliphatic heterocycles. The third-order valence-electron chi connectivity index (χ3n) is 14.2. The van der Waals surface area contributed by atoms with E-state index in [-0.39, 0.29) is 52.0 Å². The van der Waals surface area contributed by atoms with Crippen LogP contribution in [0.25, 0.3) is 0 Å². The molecule has 5 aliphatic carbocycles. The lowest BCUT2D eigenvalue weighted by atomic mass is 9.46. The van der Waals surface area contributed by atoms with E-state index in [1.54, 1.807) is 0 Å². The van der Waals surface area contributed by atoms with Gasteiger partial charge in [-0.1, -0.05) is 40.5 Å². The smallest absolute Gasteiger partial charge is 0.300 e. The Labute approximate surface area is 264 Å². The van der Waals surface area contributed by atoms with Gasteiger partial charge in [0.05, 0.1) is 30.5 Å². The van der Waals surface area contributed by atoms with Crippen LogP contribution in [0.5, 0.6) is 0 Å². The predicted molar refractivity (Wildman–Crippen MR) is 166 cm³/mol. The quantitative estimate of drug-likeness (QED) is 0.189. The number of alkyl halides is 1. The first-order chi connectivity index (χ1) is 20.4. The zero-order valence-electron chi connectivity index (χ0n) is 28.4. The van der Waals surface area contributed by atoms with Gasteiger partial charge in [0.15, 0.2) is 6.29 Å². The van der Waals surface area contributed by atoms with Crippen molar-refractivity contribution in [3.05, 3.63) is 0 Å². The molecule has 5 saturated carbocycles. The molecule has 4 N–H and O–H groups in total. The Kier molecular flexibility index (Phi) is 9.43. The number of ether oxygens (including phenoxy) is 2. The number of hydrogen-bond acceptors (Lipinski definition) is 6. The Hall–Kier alpha value is -0.800. The summed E-state index contributed by atoms with van der Waals surface area (Å²) >= 11 is 0. The van der Waals surface area contributed by atoms with Gasteiger partial charge in [-0.15, -0.1) is 0 Å². The fourth-order valence-electron chi connectivity index (χ4n) is 12.4. The minimum Gasteiger partial charge on any atom is -0.481 e. The summed E-state index contributed by atoms with van der Waals surface area (Å²) in [6.45, 7) is 14.9. The largest absolute Gasteiger partial charge is 0.481 e. The number of carboxylic acid groups (broad SMARTS) is 1. The summed E-state index contributed by atoms with van der Waals surface area (Å²) in [5.74, 6) is 0.622. The Morgan fingerprint density at radius 2 is 1.70 bits per heavy atom. The lowest BCUT2D eigenvalue weighted by Crippen LogP contribution is -2.56. The van der Waals surface area contributed by atoms with Crippen molar-refractivity contribution in [1.82, 2.24) is 0 Å². The average molecular weight is 625 g/mol. The molecule has 13 atom stereocenters. The molecule has 44 heavy (non-hydrogen) atoms. The first-order valence-electron chi connectivity index (χ1n) is 17.6. The first kappa shape index (κ1) is 34.5. The van der Waals surface area contributed by atoms with E-state index in [0.717, 1.165) is 64.7 Å². The molecule has 1 saturated heterocycles. The fraction of sp³-hybridized carbons (Fsp3) is 0.972. The van der Waals surface area contributed by atoms with E-state index in [1.807, 2.05) is 13.8 Å². The minimum atomic E-state index is -1.13. The van der Waals surface area contributed by atoms with Gasteiger partial charge < -0.3 is 29.9 Å².